The lowest BCUT2D eigenvalue weighted by molar-refractivity contribution is -0.167. The average molecular weight is 570 g/mol. The standard InChI is InChI=1S/C26H22F3N7O5/c1-13(32-22(38)20-19(23(39)35-25(41)34-20)33-24(40)26(27,28)29)15-5-3-6-16(9-15)18-10-31-36(12-18)11-14-4-2-7-17(8-14)21(30)37/h2-10,12-13H,11H2,1H3,(H2,30,37)(H,32,38)(H,33,40)(H2,34,35,39,41)/t13-/m1/s1. The first-order chi connectivity index (χ1) is 19.3. The summed E-state index contributed by atoms with van der Waals surface area (Å²) in [5.41, 5.74) is 4.11. The van der Waals surface area contributed by atoms with E-state index in [4.69, 9.17) is 5.73 Å². The van der Waals surface area contributed by atoms with Gasteiger partial charge in [0.2, 0.25) is 5.91 Å². The van der Waals surface area contributed by atoms with Crippen molar-refractivity contribution < 1.29 is 27.6 Å². The first-order valence-corrected chi connectivity index (χ1v) is 11.9. The molecule has 0 radical (unpaired) electrons. The number of amides is 3. The number of hydrogen-bond acceptors (Lipinski definition) is 6. The molecule has 0 bridgehead atoms. The summed E-state index contributed by atoms with van der Waals surface area (Å²) in [7, 11) is 0. The van der Waals surface area contributed by atoms with Crippen LogP contribution in [-0.2, 0) is 11.3 Å². The number of aromatic amines is 2. The molecule has 0 saturated carbocycles. The van der Waals surface area contributed by atoms with E-state index in [-0.39, 0.29) is 0 Å². The Morgan fingerprint density at radius 3 is 2.49 bits per heavy atom. The van der Waals surface area contributed by atoms with Crippen LogP contribution in [0.5, 0.6) is 0 Å². The molecule has 2 aromatic heterocycles. The fourth-order valence-corrected chi connectivity index (χ4v) is 3.91. The second-order valence-corrected chi connectivity index (χ2v) is 8.92. The molecule has 0 aliphatic carbocycles. The topological polar surface area (TPSA) is 185 Å². The molecule has 2 heterocycles. The third kappa shape index (κ3) is 6.76. The van der Waals surface area contributed by atoms with Gasteiger partial charge in [-0.2, -0.15) is 18.3 Å². The van der Waals surface area contributed by atoms with Crippen molar-refractivity contribution >= 4 is 23.4 Å². The van der Waals surface area contributed by atoms with Crippen LogP contribution in [0.3, 0.4) is 0 Å². The van der Waals surface area contributed by atoms with Crippen molar-refractivity contribution in [3.05, 3.63) is 104 Å². The van der Waals surface area contributed by atoms with Gasteiger partial charge in [0.05, 0.1) is 18.8 Å². The van der Waals surface area contributed by atoms with Gasteiger partial charge in [0.1, 0.15) is 11.4 Å². The van der Waals surface area contributed by atoms with E-state index in [1.54, 1.807) is 71.4 Å². The summed E-state index contributed by atoms with van der Waals surface area (Å²) < 4.78 is 39.8. The van der Waals surface area contributed by atoms with Gasteiger partial charge in [0.15, 0.2) is 0 Å². The van der Waals surface area contributed by atoms with E-state index in [0.29, 0.717) is 17.7 Å². The number of rotatable bonds is 8. The van der Waals surface area contributed by atoms with Crippen molar-refractivity contribution in [1.82, 2.24) is 25.1 Å². The Morgan fingerprint density at radius 1 is 1.05 bits per heavy atom. The maximum Gasteiger partial charge on any atom is 0.471 e. The number of hydrogen-bond donors (Lipinski definition) is 5. The summed E-state index contributed by atoms with van der Waals surface area (Å²) in [6, 6.07) is 13.0. The molecule has 6 N–H and O–H groups in total. The third-order valence-electron chi connectivity index (χ3n) is 5.92. The molecule has 3 amide bonds. The van der Waals surface area contributed by atoms with Crippen LogP contribution in [0.2, 0.25) is 0 Å². The zero-order valence-corrected chi connectivity index (χ0v) is 21.2. The zero-order chi connectivity index (χ0) is 29.9. The van der Waals surface area contributed by atoms with Gasteiger partial charge in [-0.25, -0.2) is 4.79 Å². The van der Waals surface area contributed by atoms with Crippen LogP contribution in [0.15, 0.2) is 70.5 Å². The normalized spacial score (nSPS) is 12.0. The van der Waals surface area contributed by atoms with Crippen molar-refractivity contribution in [3.8, 4) is 11.1 Å². The molecule has 0 spiro atoms. The van der Waals surface area contributed by atoms with Crippen molar-refractivity contribution in [1.29, 1.82) is 0 Å². The minimum absolute atomic E-state index is 0.370. The quantitative estimate of drug-likeness (QED) is 0.216. The van der Waals surface area contributed by atoms with E-state index in [1.165, 1.54) is 5.32 Å². The van der Waals surface area contributed by atoms with Crippen LogP contribution in [-0.4, -0.2) is 43.6 Å². The van der Waals surface area contributed by atoms with E-state index in [0.717, 1.165) is 16.7 Å². The van der Waals surface area contributed by atoms with Crippen molar-refractivity contribution in [3.63, 3.8) is 0 Å². The van der Waals surface area contributed by atoms with Gasteiger partial charge >= 0.3 is 17.8 Å². The van der Waals surface area contributed by atoms with Crippen LogP contribution in [0, 0.1) is 0 Å². The second kappa shape index (κ2) is 11.3. The van der Waals surface area contributed by atoms with E-state index >= 15 is 0 Å². The van der Waals surface area contributed by atoms with Crippen molar-refractivity contribution in [2.75, 3.05) is 5.32 Å². The lowest BCUT2D eigenvalue weighted by atomic mass is 10.0. The minimum Gasteiger partial charge on any atom is -0.366 e. The van der Waals surface area contributed by atoms with Gasteiger partial charge in [-0.3, -0.25) is 28.8 Å². The van der Waals surface area contributed by atoms with Crippen LogP contribution in [0.25, 0.3) is 11.1 Å². The van der Waals surface area contributed by atoms with E-state index in [9.17, 15) is 37.1 Å². The van der Waals surface area contributed by atoms with Crippen LogP contribution < -0.4 is 27.6 Å². The molecule has 12 nitrogen and oxygen atoms in total. The molecule has 0 aliphatic heterocycles. The van der Waals surface area contributed by atoms with Gasteiger partial charge in [0, 0.05) is 17.3 Å². The lowest BCUT2D eigenvalue weighted by Crippen LogP contribution is -2.38. The number of carbonyl (C=O) groups is 3. The second-order valence-electron chi connectivity index (χ2n) is 8.92. The van der Waals surface area contributed by atoms with Gasteiger partial charge < -0.3 is 21.4 Å². The number of aromatic nitrogens is 4. The number of nitrogens with one attached hydrogen (secondary N) is 4. The first kappa shape index (κ1) is 28.5. The third-order valence-corrected chi connectivity index (χ3v) is 5.92. The highest BCUT2D eigenvalue weighted by Crippen LogP contribution is 2.24. The van der Waals surface area contributed by atoms with Crippen LogP contribution >= 0.6 is 0 Å². The molecule has 2 aromatic carbocycles. The highest BCUT2D eigenvalue weighted by atomic mass is 19.4. The van der Waals surface area contributed by atoms with Gasteiger partial charge in [-0.15, -0.1) is 0 Å². The molecule has 41 heavy (non-hydrogen) atoms. The van der Waals surface area contributed by atoms with Crippen LogP contribution in [0.1, 0.15) is 44.9 Å². The zero-order valence-electron chi connectivity index (χ0n) is 21.2. The van der Waals surface area contributed by atoms with Crippen LogP contribution in [0.4, 0.5) is 18.9 Å². The maximum atomic E-state index is 12.9. The molecule has 0 unspecified atom stereocenters. The fourth-order valence-electron chi connectivity index (χ4n) is 3.91. The summed E-state index contributed by atoms with van der Waals surface area (Å²) in [5.74, 6) is -4.14. The average Bonchev–Trinajstić information content (AvgIpc) is 3.38. The highest BCUT2D eigenvalue weighted by molar-refractivity contribution is 6.03. The number of nitrogens with two attached hydrogens (primary N) is 1. The smallest absolute Gasteiger partial charge is 0.366 e. The molecule has 0 fully saturated rings. The number of H-pyrrole nitrogens is 2. The SMILES string of the molecule is C[C@@H](NC(=O)c1[nH]c(=O)[nH]c(=O)c1NC(=O)C(F)(F)F)c1cccc(-c2cnn(Cc3cccc(C(N)=O)c3)c2)c1. The Kier molecular flexibility index (Phi) is 7.89. The summed E-state index contributed by atoms with van der Waals surface area (Å²) in [4.78, 5) is 63.1. The van der Waals surface area contributed by atoms with Gasteiger partial charge in [0.25, 0.3) is 11.5 Å². The number of carbonyl (C=O) groups excluding carboxylic acids is 3. The Hall–Kier alpha value is -5.47. The number of alkyl halides is 3. The predicted octanol–water partition coefficient (Wildman–Crippen LogP) is 2.07. The largest absolute Gasteiger partial charge is 0.471 e. The highest BCUT2D eigenvalue weighted by Gasteiger charge is 2.40. The number of primary amides is 1. The lowest BCUT2D eigenvalue weighted by Gasteiger charge is -2.16. The summed E-state index contributed by atoms with van der Waals surface area (Å²) >= 11 is 0. The predicted molar refractivity (Wildman–Crippen MR) is 140 cm³/mol. The minimum atomic E-state index is -5.34. The molecule has 4 aromatic rings. The molecular formula is C26H22F3N7O5. The Labute approximate surface area is 228 Å². The molecule has 4 rings (SSSR count). The Balaban J connectivity index is 1.52. The molecule has 0 aliphatic rings. The molecule has 212 valence electrons. The molecular weight excluding hydrogens is 547 g/mol. The molecule has 1 atom stereocenters. The van der Waals surface area contributed by atoms with E-state index in [2.05, 4.69) is 10.4 Å². The Morgan fingerprint density at radius 2 is 1.78 bits per heavy atom. The fraction of sp³-hybridized carbons (Fsp3) is 0.154. The van der Waals surface area contributed by atoms with E-state index in [1.807, 2.05) is 11.1 Å². The van der Waals surface area contributed by atoms with Gasteiger partial charge in [-0.05, 0) is 41.8 Å². The van der Waals surface area contributed by atoms with Crippen molar-refractivity contribution in [2.45, 2.75) is 25.7 Å². The van der Waals surface area contributed by atoms with E-state index < -0.39 is 52.6 Å². The summed E-state index contributed by atoms with van der Waals surface area (Å²) in [6.45, 7) is 1.94. The number of halogens is 3. The Bertz CT molecular complexity index is 1760. The monoisotopic (exact) mass is 569 g/mol. The van der Waals surface area contributed by atoms with Gasteiger partial charge in [-0.1, -0.05) is 30.3 Å². The number of benzene rings is 2. The maximum absolute atomic E-state index is 12.9. The summed E-state index contributed by atoms with van der Waals surface area (Å²) in [6.07, 6.45) is -1.95. The molecule has 0 saturated heterocycles. The number of nitrogens with zero attached hydrogens (tertiary/aromatic N) is 2. The molecule has 15 heteroatoms. The van der Waals surface area contributed by atoms with Crippen molar-refractivity contribution in [2.24, 2.45) is 5.73 Å². The number of anilines is 1. The summed E-state index contributed by atoms with van der Waals surface area (Å²) in [5, 5.41) is 8.17. The first-order valence-electron chi connectivity index (χ1n) is 11.9.